The summed E-state index contributed by atoms with van der Waals surface area (Å²) in [5, 5.41) is 2.98. The summed E-state index contributed by atoms with van der Waals surface area (Å²) < 4.78 is 0. The lowest BCUT2D eigenvalue weighted by atomic mass is 10.1. The lowest BCUT2D eigenvalue weighted by Crippen LogP contribution is -2.40. The number of hydrogen-bond donors (Lipinski definition) is 2. The molecule has 20 heavy (non-hydrogen) atoms. The van der Waals surface area contributed by atoms with Crippen LogP contribution in [0.4, 0.5) is 5.69 Å². The maximum atomic E-state index is 12.3. The van der Waals surface area contributed by atoms with Crippen molar-refractivity contribution in [2.45, 2.75) is 39.3 Å². The van der Waals surface area contributed by atoms with Crippen molar-refractivity contribution in [1.29, 1.82) is 0 Å². The van der Waals surface area contributed by atoms with Gasteiger partial charge in [-0.2, -0.15) is 0 Å². The third-order valence-electron chi connectivity index (χ3n) is 4.28. The van der Waals surface area contributed by atoms with E-state index in [0.717, 1.165) is 30.3 Å². The van der Waals surface area contributed by atoms with Gasteiger partial charge in [0, 0.05) is 18.8 Å². The van der Waals surface area contributed by atoms with E-state index in [4.69, 9.17) is 5.73 Å². The molecule has 2 atom stereocenters. The molecule has 1 aromatic rings. The monoisotopic (exact) mass is 275 g/mol. The van der Waals surface area contributed by atoms with Gasteiger partial charge in [0.05, 0.1) is 6.04 Å². The van der Waals surface area contributed by atoms with Crippen LogP contribution < -0.4 is 11.1 Å². The number of hydrogen-bond acceptors (Lipinski definition) is 3. The number of amides is 1. The van der Waals surface area contributed by atoms with E-state index >= 15 is 0 Å². The van der Waals surface area contributed by atoms with E-state index in [0.29, 0.717) is 6.54 Å². The molecule has 1 fully saturated rings. The van der Waals surface area contributed by atoms with Crippen LogP contribution in [0.3, 0.4) is 0 Å². The average molecular weight is 275 g/mol. The topological polar surface area (TPSA) is 58.4 Å². The van der Waals surface area contributed by atoms with Gasteiger partial charge in [-0.3, -0.25) is 9.69 Å². The number of rotatable bonds is 5. The molecule has 1 amide bonds. The van der Waals surface area contributed by atoms with Crippen LogP contribution in [0.25, 0.3) is 0 Å². The van der Waals surface area contributed by atoms with Crippen LogP contribution in [0.1, 0.15) is 32.3 Å². The first-order valence-electron chi connectivity index (χ1n) is 7.48. The van der Waals surface area contributed by atoms with E-state index in [1.165, 1.54) is 12.8 Å². The van der Waals surface area contributed by atoms with Crippen molar-refractivity contribution >= 4 is 11.6 Å². The second-order valence-electron chi connectivity index (χ2n) is 5.62. The van der Waals surface area contributed by atoms with Crippen molar-refractivity contribution in [3.8, 4) is 0 Å². The number of benzene rings is 1. The minimum Gasteiger partial charge on any atom is -0.326 e. The second kappa shape index (κ2) is 6.86. The molecule has 3 N–H and O–H groups in total. The first kappa shape index (κ1) is 15.0. The van der Waals surface area contributed by atoms with E-state index in [1.54, 1.807) is 0 Å². The first-order chi connectivity index (χ1) is 9.63. The molecule has 0 spiro atoms. The van der Waals surface area contributed by atoms with Crippen molar-refractivity contribution in [2.24, 2.45) is 11.7 Å². The van der Waals surface area contributed by atoms with Crippen LogP contribution in [0, 0.1) is 5.92 Å². The Balaban J connectivity index is 1.90. The van der Waals surface area contributed by atoms with Gasteiger partial charge in [0.15, 0.2) is 0 Å². The molecule has 0 radical (unpaired) electrons. The summed E-state index contributed by atoms with van der Waals surface area (Å²) in [7, 11) is 0. The summed E-state index contributed by atoms with van der Waals surface area (Å²) in [6, 6.07) is 7.64. The smallest absolute Gasteiger partial charge is 0.241 e. The number of likely N-dealkylation sites (tertiary alicyclic amines) is 1. The van der Waals surface area contributed by atoms with E-state index in [1.807, 2.05) is 31.2 Å². The number of anilines is 1. The molecule has 0 bridgehead atoms. The summed E-state index contributed by atoms with van der Waals surface area (Å²) in [6.07, 6.45) is 2.41. The molecule has 110 valence electrons. The minimum absolute atomic E-state index is 0.0688. The molecule has 2 rings (SSSR count). The summed E-state index contributed by atoms with van der Waals surface area (Å²) in [5.74, 6) is 0.816. The van der Waals surface area contributed by atoms with Crippen molar-refractivity contribution in [2.75, 3.05) is 18.4 Å². The summed E-state index contributed by atoms with van der Waals surface area (Å²) in [5.41, 5.74) is 7.47. The van der Waals surface area contributed by atoms with Gasteiger partial charge in [-0.15, -0.1) is 0 Å². The van der Waals surface area contributed by atoms with E-state index in [9.17, 15) is 4.79 Å². The highest BCUT2D eigenvalue weighted by Gasteiger charge is 2.28. The lowest BCUT2D eigenvalue weighted by Gasteiger charge is -2.23. The van der Waals surface area contributed by atoms with Gasteiger partial charge in [-0.25, -0.2) is 0 Å². The molecule has 0 aromatic heterocycles. The van der Waals surface area contributed by atoms with Crippen molar-refractivity contribution in [3.05, 3.63) is 29.8 Å². The molecule has 1 saturated heterocycles. The number of nitrogens with two attached hydrogens (primary N) is 1. The quantitative estimate of drug-likeness (QED) is 0.866. The SMILES string of the molecule is CCC1CCN(C(C)C(=O)Nc2ccc(CN)cc2)C1. The minimum atomic E-state index is -0.0688. The Hall–Kier alpha value is -1.39. The van der Waals surface area contributed by atoms with Crippen molar-refractivity contribution < 1.29 is 4.79 Å². The largest absolute Gasteiger partial charge is 0.326 e. The first-order valence-corrected chi connectivity index (χ1v) is 7.48. The fraction of sp³-hybridized carbons (Fsp3) is 0.562. The van der Waals surface area contributed by atoms with Gasteiger partial charge in [-0.05, 0) is 43.5 Å². The van der Waals surface area contributed by atoms with Crippen LogP contribution in [-0.4, -0.2) is 29.9 Å². The highest BCUT2D eigenvalue weighted by molar-refractivity contribution is 5.94. The summed E-state index contributed by atoms with van der Waals surface area (Å²) in [4.78, 5) is 14.5. The molecular weight excluding hydrogens is 250 g/mol. The molecule has 1 aliphatic heterocycles. The predicted octanol–water partition coefficient (Wildman–Crippen LogP) is 2.20. The fourth-order valence-corrected chi connectivity index (χ4v) is 2.68. The Morgan fingerprint density at radius 3 is 2.70 bits per heavy atom. The van der Waals surface area contributed by atoms with E-state index < -0.39 is 0 Å². The van der Waals surface area contributed by atoms with Crippen LogP contribution in [0.15, 0.2) is 24.3 Å². The Morgan fingerprint density at radius 2 is 2.15 bits per heavy atom. The fourth-order valence-electron chi connectivity index (χ4n) is 2.68. The Kier molecular flexibility index (Phi) is 5.15. The lowest BCUT2D eigenvalue weighted by molar-refractivity contribution is -0.120. The molecule has 1 aromatic carbocycles. The summed E-state index contributed by atoms with van der Waals surface area (Å²) >= 11 is 0. The Morgan fingerprint density at radius 1 is 1.45 bits per heavy atom. The molecule has 4 heteroatoms. The Bertz CT molecular complexity index is 444. The van der Waals surface area contributed by atoms with E-state index in [2.05, 4.69) is 17.1 Å². The number of carbonyl (C=O) groups is 1. The molecule has 0 saturated carbocycles. The molecule has 2 unspecified atom stereocenters. The average Bonchev–Trinajstić information content (AvgIpc) is 2.96. The third-order valence-corrected chi connectivity index (χ3v) is 4.28. The number of nitrogens with zero attached hydrogens (tertiary/aromatic N) is 1. The zero-order valence-corrected chi connectivity index (χ0v) is 12.4. The standard InChI is InChI=1S/C16H25N3O/c1-3-13-8-9-19(11-13)12(2)16(20)18-15-6-4-14(10-17)5-7-15/h4-7,12-13H,3,8-11,17H2,1-2H3,(H,18,20). The summed E-state index contributed by atoms with van der Waals surface area (Å²) in [6.45, 7) is 6.80. The maximum Gasteiger partial charge on any atom is 0.241 e. The highest BCUT2D eigenvalue weighted by Crippen LogP contribution is 2.21. The van der Waals surface area contributed by atoms with Crippen LogP contribution >= 0.6 is 0 Å². The molecule has 0 aliphatic carbocycles. The normalized spacial score (nSPS) is 20.9. The number of carbonyl (C=O) groups excluding carboxylic acids is 1. The molecule has 1 heterocycles. The van der Waals surface area contributed by atoms with Crippen LogP contribution in [0.5, 0.6) is 0 Å². The van der Waals surface area contributed by atoms with Gasteiger partial charge in [0.1, 0.15) is 0 Å². The van der Waals surface area contributed by atoms with Gasteiger partial charge < -0.3 is 11.1 Å². The van der Waals surface area contributed by atoms with Gasteiger partial charge in [-0.1, -0.05) is 25.5 Å². The molecule has 1 aliphatic rings. The molecular formula is C16H25N3O. The van der Waals surface area contributed by atoms with Crippen molar-refractivity contribution in [3.63, 3.8) is 0 Å². The van der Waals surface area contributed by atoms with Gasteiger partial charge in [0.25, 0.3) is 0 Å². The highest BCUT2D eigenvalue weighted by atomic mass is 16.2. The van der Waals surface area contributed by atoms with Gasteiger partial charge >= 0.3 is 0 Å². The zero-order valence-electron chi connectivity index (χ0n) is 12.4. The zero-order chi connectivity index (χ0) is 14.5. The van der Waals surface area contributed by atoms with E-state index in [-0.39, 0.29) is 11.9 Å². The van der Waals surface area contributed by atoms with Crippen LogP contribution in [-0.2, 0) is 11.3 Å². The predicted molar refractivity (Wildman–Crippen MR) is 82.4 cm³/mol. The third kappa shape index (κ3) is 3.58. The second-order valence-corrected chi connectivity index (χ2v) is 5.62. The van der Waals surface area contributed by atoms with Crippen molar-refractivity contribution in [1.82, 2.24) is 4.90 Å². The molecule has 4 nitrogen and oxygen atoms in total. The van der Waals surface area contributed by atoms with Gasteiger partial charge in [0.2, 0.25) is 5.91 Å². The number of nitrogens with one attached hydrogen (secondary N) is 1. The maximum absolute atomic E-state index is 12.3. The van der Waals surface area contributed by atoms with Crippen LogP contribution in [0.2, 0.25) is 0 Å². The Labute approximate surface area is 121 Å².